The first-order valence-electron chi connectivity index (χ1n) is 5.75. The molecule has 0 spiro atoms. The van der Waals surface area contributed by atoms with Crippen LogP contribution in [0.25, 0.3) is 0 Å². The van der Waals surface area contributed by atoms with Gasteiger partial charge in [-0.1, -0.05) is 12.1 Å². The largest absolute Gasteiger partial charge is 0.508 e. The summed E-state index contributed by atoms with van der Waals surface area (Å²) in [7, 11) is 1.69. The summed E-state index contributed by atoms with van der Waals surface area (Å²) >= 11 is 0. The highest BCUT2D eigenvalue weighted by Crippen LogP contribution is 2.11. The second kappa shape index (κ2) is 6.76. The van der Waals surface area contributed by atoms with E-state index in [1.807, 2.05) is 0 Å². The lowest BCUT2D eigenvalue weighted by molar-refractivity contribution is -0.125. The Morgan fingerprint density at radius 2 is 1.89 bits per heavy atom. The molecule has 1 aromatic rings. The summed E-state index contributed by atoms with van der Waals surface area (Å²) < 4.78 is 0. The Labute approximate surface area is 106 Å². The zero-order chi connectivity index (χ0) is 13.5. The van der Waals surface area contributed by atoms with Crippen LogP contribution in [0.15, 0.2) is 24.3 Å². The first kappa shape index (κ1) is 14.2. The van der Waals surface area contributed by atoms with Gasteiger partial charge in [0.05, 0.1) is 12.6 Å². The van der Waals surface area contributed by atoms with Crippen LogP contribution >= 0.6 is 0 Å². The summed E-state index contributed by atoms with van der Waals surface area (Å²) in [6.07, 6.45) is 0.501. The number of benzene rings is 1. The number of carbonyl (C=O) groups is 2. The van der Waals surface area contributed by atoms with Crippen molar-refractivity contribution in [1.29, 1.82) is 0 Å². The smallest absolute Gasteiger partial charge is 0.237 e. The number of hydrogen-bond donors (Lipinski definition) is 3. The summed E-state index contributed by atoms with van der Waals surface area (Å²) in [5.41, 5.74) is 0.935. The fourth-order valence-electron chi connectivity index (χ4n) is 1.53. The highest BCUT2D eigenvalue weighted by atomic mass is 16.3. The van der Waals surface area contributed by atoms with Crippen molar-refractivity contribution in [1.82, 2.24) is 10.6 Å². The third-order valence-corrected chi connectivity index (χ3v) is 2.55. The van der Waals surface area contributed by atoms with Crippen LogP contribution in [0.4, 0.5) is 0 Å². The fourth-order valence-corrected chi connectivity index (χ4v) is 1.53. The van der Waals surface area contributed by atoms with Crippen LogP contribution in [-0.2, 0) is 16.0 Å². The maximum absolute atomic E-state index is 11.8. The zero-order valence-electron chi connectivity index (χ0n) is 10.6. The van der Waals surface area contributed by atoms with E-state index in [0.29, 0.717) is 6.42 Å². The second-order valence-electron chi connectivity index (χ2n) is 4.13. The molecule has 5 nitrogen and oxygen atoms in total. The summed E-state index contributed by atoms with van der Waals surface area (Å²) in [5.74, 6) is -0.0931. The summed E-state index contributed by atoms with van der Waals surface area (Å²) in [4.78, 5) is 22.6. The molecule has 0 bridgehead atoms. The molecule has 0 fully saturated rings. The van der Waals surface area contributed by atoms with Gasteiger partial charge in [-0.25, -0.2) is 0 Å². The molecular formula is C13H18N2O3. The number of aromatic hydroxyl groups is 1. The van der Waals surface area contributed by atoms with Gasteiger partial charge in [-0.05, 0) is 38.1 Å². The summed E-state index contributed by atoms with van der Waals surface area (Å²) in [5, 5.41) is 14.6. The molecule has 98 valence electrons. The molecule has 0 heterocycles. The van der Waals surface area contributed by atoms with Crippen LogP contribution in [-0.4, -0.2) is 36.4 Å². The lowest BCUT2D eigenvalue weighted by atomic mass is 10.1. The number of ketones is 1. The molecule has 3 N–H and O–H groups in total. The molecular weight excluding hydrogens is 232 g/mol. The van der Waals surface area contributed by atoms with Gasteiger partial charge in [0.1, 0.15) is 11.5 Å². The van der Waals surface area contributed by atoms with Crippen molar-refractivity contribution in [2.75, 3.05) is 13.6 Å². The van der Waals surface area contributed by atoms with E-state index in [-0.39, 0.29) is 24.0 Å². The van der Waals surface area contributed by atoms with Gasteiger partial charge >= 0.3 is 0 Å². The van der Waals surface area contributed by atoms with Crippen molar-refractivity contribution in [2.45, 2.75) is 19.4 Å². The predicted octanol–water partition coefficient (Wildman–Crippen LogP) is 0.228. The Morgan fingerprint density at radius 3 is 2.39 bits per heavy atom. The maximum atomic E-state index is 11.8. The lowest BCUT2D eigenvalue weighted by Gasteiger charge is -2.15. The minimum atomic E-state index is -0.395. The maximum Gasteiger partial charge on any atom is 0.237 e. The van der Waals surface area contributed by atoms with E-state index < -0.39 is 6.04 Å². The van der Waals surface area contributed by atoms with Crippen molar-refractivity contribution in [3.63, 3.8) is 0 Å². The van der Waals surface area contributed by atoms with Gasteiger partial charge in [-0.2, -0.15) is 0 Å². The normalized spacial score (nSPS) is 11.9. The lowest BCUT2D eigenvalue weighted by Crippen LogP contribution is -2.45. The van der Waals surface area contributed by atoms with Crippen molar-refractivity contribution < 1.29 is 14.7 Å². The van der Waals surface area contributed by atoms with Gasteiger partial charge in [0.15, 0.2) is 0 Å². The molecule has 0 unspecified atom stereocenters. The Bertz CT molecular complexity index is 415. The highest BCUT2D eigenvalue weighted by molar-refractivity contribution is 5.87. The molecule has 0 radical (unpaired) electrons. The van der Waals surface area contributed by atoms with E-state index in [0.717, 1.165) is 5.56 Å². The van der Waals surface area contributed by atoms with Gasteiger partial charge < -0.3 is 15.7 Å². The van der Waals surface area contributed by atoms with Crippen molar-refractivity contribution in [3.8, 4) is 5.75 Å². The third-order valence-electron chi connectivity index (χ3n) is 2.55. The Hall–Kier alpha value is -1.88. The third kappa shape index (κ3) is 4.55. The van der Waals surface area contributed by atoms with Gasteiger partial charge in [0, 0.05) is 0 Å². The molecule has 0 aliphatic rings. The SMILES string of the molecule is CN[C@@H](Cc1ccc(O)cc1)C(=O)NCC(C)=O. The molecule has 0 aliphatic heterocycles. The van der Waals surface area contributed by atoms with Gasteiger partial charge in [0.25, 0.3) is 0 Å². The first-order chi connectivity index (χ1) is 8.52. The second-order valence-corrected chi connectivity index (χ2v) is 4.13. The summed E-state index contributed by atoms with van der Waals surface area (Å²) in [6, 6.07) is 6.29. The molecule has 5 heteroatoms. The predicted molar refractivity (Wildman–Crippen MR) is 68.3 cm³/mol. The van der Waals surface area contributed by atoms with E-state index in [4.69, 9.17) is 0 Å². The Kier molecular flexibility index (Phi) is 5.32. The summed E-state index contributed by atoms with van der Waals surface area (Å²) in [6.45, 7) is 1.47. The van der Waals surface area contributed by atoms with Crippen LogP contribution in [0.3, 0.4) is 0 Å². The van der Waals surface area contributed by atoms with Crippen LogP contribution in [0.5, 0.6) is 5.75 Å². The molecule has 0 saturated heterocycles. The molecule has 1 rings (SSSR count). The Balaban J connectivity index is 2.58. The molecule has 1 amide bonds. The number of Topliss-reactive ketones (excluding diaryl/α,β-unsaturated/α-hetero) is 1. The molecule has 1 aromatic carbocycles. The molecule has 0 aromatic heterocycles. The number of phenols is 1. The Morgan fingerprint density at radius 1 is 1.28 bits per heavy atom. The van der Waals surface area contributed by atoms with E-state index in [2.05, 4.69) is 10.6 Å². The average Bonchev–Trinajstić information content (AvgIpc) is 2.35. The number of hydrogen-bond acceptors (Lipinski definition) is 4. The highest BCUT2D eigenvalue weighted by Gasteiger charge is 2.16. The van der Waals surface area contributed by atoms with Gasteiger partial charge in [-0.15, -0.1) is 0 Å². The standard InChI is InChI=1S/C13H18N2O3/c1-9(16)8-15-13(18)12(14-2)7-10-3-5-11(17)6-4-10/h3-6,12,14,17H,7-8H2,1-2H3,(H,15,18)/t12-/m0/s1. The van der Waals surface area contributed by atoms with E-state index in [9.17, 15) is 14.7 Å². The van der Waals surface area contributed by atoms with Crippen LogP contribution in [0.2, 0.25) is 0 Å². The van der Waals surface area contributed by atoms with Crippen molar-refractivity contribution >= 4 is 11.7 Å². The number of phenolic OH excluding ortho intramolecular Hbond substituents is 1. The minimum absolute atomic E-state index is 0.0482. The quantitative estimate of drug-likeness (QED) is 0.675. The molecule has 1 atom stereocenters. The van der Waals surface area contributed by atoms with Crippen LogP contribution in [0, 0.1) is 0 Å². The van der Waals surface area contributed by atoms with E-state index in [1.54, 1.807) is 31.3 Å². The topological polar surface area (TPSA) is 78.4 Å². The average molecular weight is 250 g/mol. The van der Waals surface area contributed by atoms with E-state index >= 15 is 0 Å². The van der Waals surface area contributed by atoms with Crippen LogP contribution in [0.1, 0.15) is 12.5 Å². The van der Waals surface area contributed by atoms with Gasteiger partial charge in [0.2, 0.25) is 5.91 Å². The molecule has 0 aliphatic carbocycles. The van der Waals surface area contributed by atoms with Gasteiger partial charge in [-0.3, -0.25) is 9.59 Å². The first-order valence-corrected chi connectivity index (χ1v) is 5.75. The van der Waals surface area contributed by atoms with Crippen LogP contribution < -0.4 is 10.6 Å². The van der Waals surface area contributed by atoms with E-state index in [1.165, 1.54) is 6.92 Å². The molecule has 18 heavy (non-hydrogen) atoms. The molecule has 0 saturated carbocycles. The van der Waals surface area contributed by atoms with Crippen molar-refractivity contribution in [3.05, 3.63) is 29.8 Å². The number of rotatable bonds is 6. The number of nitrogens with one attached hydrogen (secondary N) is 2. The number of amides is 1. The monoisotopic (exact) mass is 250 g/mol. The number of likely N-dealkylation sites (N-methyl/N-ethyl adjacent to an activating group) is 1. The number of carbonyl (C=O) groups excluding carboxylic acids is 2. The minimum Gasteiger partial charge on any atom is -0.508 e. The fraction of sp³-hybridized carbons (Fsp3) is 0.385. The zero-order valence-corrected chi connectivity index (χ0v) is 10.6. The van der Waals surface area contributed by atoms with Crippen molar-refractivity contribution in [2.24, 2.45) is 0 Å².